The predicted molar refractivity (Wildman–Crippen MR) is 120 cm³/mol. The van der Waals surface area contributed by atoms with Crippen LogP contribution in [0.3, 0.4) is 0 Å². The Labute approximate surface area is 180 Å². The first-order valence-corrected chi connectivity index (χ1v) is 10.4. The molecule has 2 aromatic carbocycles. The Morgan fingerprint density at radius 2 is 1.71 bits per heavy atom. The maximum Gasteiger partial charge on any atom is 0.320 e. The molecule has 0 saturated heterocycles. The van der Waals surface area contributed by atoms with Gasteiger partial charge in [0.2, 0.25) is 5.91 Å². The van der Waals surface area contributed by atoms with Gasteiger partial charge in [0, 0.05) is 24.1 Å². The van der Waals surface area contributed by atoms with E-state index in [1.807, 2.05) is 44.2 Å². The molecule has 7 heteroatoms. The maximum atomic E-state index is 12.5. The molecule has 0 saturated carbocycles. The standard InChI is InChI=1S/C24H27N3O4/c1-3-31-21-13-11-20(12-14-21)27-16-15-26(23(29)24(27)30)17-22(28)25-18(2)9-10-19-7-5-4-6-8-19/h4-8,11-16,18H,3,9-10,17H2,1-2H3,(H,25,28)/t18-/m1/s1. The lowest BCUT2D eigenvalue weighted by Crippen LogP contribution is -2.43. The van der Waals surface area contributed by atoms with E-state index in [-0.39, 0.29) is 18.5 Å². The molecule has 0 unspecified atom stereocenters. The van der Waals surface area contributed by atoms with Gasteiger partial charge < -0.3 is 10.1 Å². The minimum Gasteiger partial charge on any atom is -0.494 e. The number of benzene rings is 2. The van der Waals surface area contributed by atoms with Crippen molar-refractivity contribution < 1.29 is 9.53 Å². The summed E-state index contributed by atoms with van der Waals surface area (Å²) in [5, 5.41) is 2.89. The zero-order chi connectivity index (χ0) is 22.2. The third-order valence-corrected chi connectivity index (χ3v) is 4.91. The normalized spacial score (nSPS) is 11.7. The third kappa shape index (κ3) is 5.94. The summed E-state index contributed by atoms with van der Waals surface area (Å²) < 4.78 is 7.78. The smallest absolute Gasteiger partial charge is 0.320 e. The fourth-order valence-electron chi connectivity index (χ4n) is 3.28. The Morgan fingerprint density at radius 1 is 1.00 bits per heavy atom. The lowest BCUT2D eigenvalue weighted by atomic mass is 10.1. The van der Waals surface area contributed by atoms with E-state index in [1.165, 1.54) is 22.5 Å². The van der Waals surface area contributed by atoms with Crippen LogP contribution in [0.4, 0.5) is 0 Å². The van der Waals surface area contributed by atoms with Crippen molar-refractivity contribution in [2.75, 3.05) is 6.61 Å². The van der Waals surface area contributed by atoms with Crippen molar-refractivity contribution in [2.24, 2.45) is 0 Å². The first kappa shape index (κ1) is 22.1. The van der Waals surface area contributed by atoms with Crippen molar-refractivity contribution in [2.45, 2.75) is 39.3 Å². The molecule has 0 fully saturated rings. The number of nitrogens with zero attached hydrogens (tertiary/aromatic N) is 2. The van der Waals surface area contributed by atoms with Crippen molar-refractivity contribution in [3.8, 4) is 11.4 Å². The highest BCUT2D eigenvalue weighted by Gasteiger charge is 2.12. The molecule has 0 aliphatic carbocycles. The average molecular weight is 421 g/mol. The molecule has 1 N–H and O–H groups in total. The highest BCUT2D eigenvalue weighted by molar-refractivity contribution is 5.76. The Hall–Kier alpha value is -3.61. The second kappa shape index (κ2) is 10.4. The van der Waals surface area contributed by atoms with Crippen LogP contribution < -0.4 is 21.2 Å². The molecule has 0 aliphatic heterocycles. The van der Waals surface area contributed by atoms with Crippen LogP contribution in [0.1, 0.15) is 25.8 Å². The second-order valence-corrected chi connectivity index (χ2v) is 7.33. The Kier molecular flexibility index (Phi) is 7.43. The van der Waals surface area contributed by atoms with Gasteiger partial charge in [-0.1, -0.05) is 30.3 Å². The number of hydrogen-bond acceptors (Lipinski definition) is 4. The minimum atomic E-state index is -0.747. The summed E-state index contributed by atoms with van der Waals surface area (Å²) in [4.78, 5) is 37.4. The van der Waals surface area contributed by atoms with Crippen molar-refractivity contribution in [1.29, 1.82) is 0 Å². The number of ether oxygens (including phenoxy) is 1. The molecule has 1 heterocycles. The van der Waals surface area contributed by atoms with Gasteiger partial charge in [-0.3, -0.25) is 23.5 Å². The van der Waals surface area contributed by atoms with E-state index in [9.17, 15) is 14.4 Å². The average Bonchev–Trinajstić information content (AvgIpc) is 2.77. The molecule has 1 atom stereocenters. The number of carbonyl (C=O) groups is 1. The summed E-state index contributed by atoms with van der Waals surface area (Å²) in [5.74, 6) is 0.381. The van der Waals surface area contributed by atoms with Gasteiger partial charge >= 0.3 is 11.1 Å². The predicted octanol–water partition coefficient (Wildman–Crippen LogP) is 2.54. The summed E-state index contributed by atoms with van der Waals surface area (Å²) in [6.07, 6.45) is 4.57. The van der Waals surface area contributed by atoms with Gasteiger partial charge in [-0.05, 0) is 56.5 Å². The Morgan fingerprint density at radius 3 is 2.39 bits per heavy atom. The van der Waals surface area contributed by atoms with E-state index in [0.717, 1.165) is 17.4 Å². The van der Waals surface area contributed by atoms with Gasteiger partial charge in [0.1, 0.15) is 12.3 Å². The molecule has 1 aromatic heterocycles. The summed E-state index contributed by atoms with van der Waals surface area (Å²) in [7, 11) is 0. The number of aromatic nitrogens is 2. The minimum absolute atomic E-state index is 0.0485. The molecule has 3 aromatic rings. The zero-order valence-corrected chi connectivity index (χ0v) is 17.8. The highest BCUT2D eigenvalue weighted by Crippen LogP contribution is 2.13. The van der Waals surface area contributed by atoms with Gasteiger partial charge in [-0.25, -0.2) is 0 Å². The fraction of sp³-hybridized carbons (Fsp3) is 0.292. The molecule has 0 aliphatic rings. The molecular weight excluding hydrogens is 394 g/mol. The van der Waals surface area contributed by atoms with E-state index in [2.05, 4.69) is 5.32 Å². The topological polar surface area (TPSA) is 82.3 Å². The van der Waals surface area contributed by atoms with Crippen LogP contribution in [0.5, 0.6) is 5.75 Å². The van der Waals surface area contributed by atoms with E-state index >= 15 is 0 Å². The van der Waals surface area contributed by atoms with E-state index in [0.29, 0.717) is 18.0 Å². The van der Waals surface area contributed by atoms with Crippen molar-refractivity contribution in [1.82, 2.24) is 14.5 Å². The monoisotopic (exact) mass is 421 g/mol. The number of aryl methyl sites for hydroxylation is 1. The number of amides is 1. The maximum absolute atomic E-state index is 12.5. The van der Waals surface area contributed by atoms with Crippen LogP contribution >= 0.6 is 0 Å². The van der Waals surface area contributed by atoms with Crippen LogP contribution in [0.2, 0.25) is 0 Å². The summed E-state index contributed by atoms with van der Waals surface area (Å²) in [6.45, 7) is 4.15. The quantitative estimate of drug-likeness (QED) is 0.539. The van der Waals surface area contributed by atoms with Crippen LogP contribution in [-0.2, 0) is 17.8 Å². The summed E-state index contributed by atoms with van der Waals surface area (Å²) >= 11 is 0. The van der Waals surface area contributed by atoms with Crippen LogP contribution in [-0.4, -0.2) is 27.7 Å². The third-order valence-electron chi connectivity index (χ3n) is 4.91. The molecule has 0 spiro atoms. The van der Waals surface area contributed by atoms with E-state index in [1.54, 1.807) is 24.3 Å². The zero-order valence-electron chi connectivity index (χ0n) is 17.8. The first-order chi connectivity index (χ1) is 15.0. The van der Waals surface area contributed by atoms with Crippen molar-refractivity contribution >= 4 is 5.91 Å². The molecule has 0 bridgehead atoms. The van der Waals surface area contributed by atoms with E-state index < -0.39 is 11.1 Å². The molecule has 1 amide bonds. The van der Waals surface area contributed by atoms with Gasteiger partial charge in [-0.15, -0.1) is 0 Å². The number of nitrogens with one attached hydrogen (secondary N) is 1. The largest absolute Gasteiger partial charge is 0.494 e. The molecule has 7 nitrogen and oxygen atoms in total. The molecule has 162 valence electrons. The highest BCUT2D eigenvalue weighted by atomic mass is 16.5. The second-order valence-electron chi connectivity index (χ2n) is 7.33. The Balaban J connectivity index is 1.62. The SMILES string of the molecule is CCOc1ccc(-n2ccn(CC(=O)N[C@H](C)CCc3ccccc3)c(=O)c2=O)cc1. The summed E-state index contributed by atoms with van der Waals surface area (Å²) in [5.41, 5.74) is 0.300. The van der Waals surface area contributed by atoms with Gasteiger partial charge in [-0.2, -0.15) is 0 Å². The van der Waals surface area contributed by atoms with Crippen molar-refractivity contribution in [3.05, 3.63) is 93.3 Å². The lowest BCUT2D eigenvalue weighted by molar-refractivity contribution is -0.122. The Bertz CT molecular complexity index is 1120. The fourth-order valence-corrected chi connectivity index (χ4v) is 3.28. The summed E-state index contributed by atoms with van der Waals surface area (Å²) in [6, 6.07) is 16.9. The first-order valence-electron chi connectivity index (χ1n) is 10.4. The number of hydrogen-bond donors (Lipinski definition) is 1. The molecule has 31 heavy (non-hydrogen) atoms. The lowest BCUT2D eigenvalue weighted by Gasteiger charge is -2.15. The van der Waals surface area contributed by atoms with Gasteiger partial charge in [0.25, 0.3) is 0 Å². The van der Waals surface area contributed by atoms with Crippen LogP contribution in [0.15, 0.2) is 76.6 Å². The van der Waals surface area contributed by atoms with Gasteiger partial charge in [0.05, 0.1) is 6.61 Å². The molecule has 3 rings (SSSR count). The number of rotatable bonds is 9. The van der Waals surface area contributed by atoms with Crippen LogP contribution in [0.25, 0.3) is 5.69 Å². The van der Waals surface area contributed by atoms with E-state index in [4.69, 9.17) is 4.74 Å². The number of carbonyl (C=O) groups excluding carboxylic acids is 1. The van der Waals surface area contributed by atoms with Crippen molar-refractivity contribution in [3.63, 3.8) is 0 Å². The van der Waals surface area contributed by atoms with Crippen LogP contribution in [0, 0.1) is 0 Å². The van der Waals surface area contributed by atoms with Gasteiger partial charge in [0.15, 0.2) is 0 Å². The molecular formula is C24H27N3O4. The molecule has 0 radical (unpaired) electrons.